The number of nitrogens with zero attached hydrogens (tertiary/aromatic N) is 4. The number of fused-ring (bicyclic) bond motifs is 2. The van der Waals surface area contributed by atoms with Crippen molar-refractivity contribution >= 4 is 84.3 Å². The van der Waals surface area contributed by atoms with E-state index >= 15 is 0 Å². The summed E-state index contributed by atoms with van der Waals surface area (Å²) in [4.78, 5) is 33.8. The number of halogens is 2. The van der Waals surface area contributed by atoms with Gasteiger partial charge in [0.15, 0.2) is 0 Å². The number of hydrogen-bond acceptors (Lipinski definition) is 6. The first-order chi connectivity index (χ1) is 26.5. The Balaban J connectivity index is 0.942. The van der Waals surface area contributed by atoms with Crippen LogP contribution in [0, 0.1) is 5.92 Å². The van der Waals surface area contributed by atoms with Gasteiger partial charge in [-0.15, -0.1) is 0 Å². The predicted octanol–water partition coefficient (Wildman–Crippen LogP) is 10.7. The summed E-state index contributed by atoms with van der Waals surface area (Å²) in [5, 5.41) is 29.4. The van der Waals surface area contributed by atoms with Gasteiger partial charge >= 0.3 is 11.9 Å². The van der Waals surface area contributed by atoms with Crippen LogP contribution in [0.5, 0.6) is 0 Å². The summed E-state index contributed by atoms with van der Waals surface area (Å²) in [6.45, 7) is 0. The topological polar surface area (TPSA) is 134 Å². The molecule has 55 heavy (non-hydrogen) atoms. The minimum absolute atomic E-state index is 0.122. The molecule has 2 saturated carbocycles. The molecule has 4 heterocycles. The van der Waals surface area contributed by atoms with Crippen molar-refractivity contribution in [3.05, 3.63) is 129 Å². The standard InChI is InChI=1S/C43H36BrClN6O4/c1-50-9-8-24-11-30(18-34(38(24)50)23-4-3-5-29(45)10-23)48-41-36(43(54)55)17-28(21-47-41)33-15-25(33)13-32-14-26-12-31(19-37(44)39(26)51(32)2)49-40-35(42(52)53)16-27(20-46-40)22-6-7-22/h3-5,8-12,14,16-22,25,33H,6-7,13,15H2,1-2H3,(H,46,49)(H,47,48)(H,52,53)(H,54,55)/t25-,33?/m1/s1. The highest BCUT2D eigenvalue weighted by Gasteiger charge is 2.39. The van der Waals surface area contributed by atoms with E-state index in [4.69, 9.17) is 11.6 Å². The molecule has 2 atom stereocenters. The van der Waals surface area contributed by atoms with Gasteiger partial charge in [0.25, 0.3) is 0 Å². The van der Waals surface area contributed by atoms with E-state index < -0.39 is 11.9 Å². The summed E-state index contributed by atoms with van der Waals surface area (Å²) in [7, 11) is 4.04. The van der Waals surface area contributed by atoms with Gasteiger partial charge in [-0.1, -0.05) is 23.7 Å². The molecule has 0 aliphatic heterocycles. The summed E-state index contributed by atoms with van der Waals surface area (Å²) in [6, 6.07) is 23.3. The SMILES string of the molecule is Cn1ccc2cc(Nc3ncc(C4C[C@H]4Cc4cc5cc(Nc6ncc(C7CC7)cc6C(=O)O)cc(Br)c5n4C)cc3C(=O)O)cc(-c3cccc(Cl)c3)c21. The van der Waals surface area contributed by atoms with Gasteiger partial charge in [0, 0.05) is 75.6 Å². The van der Waals surface area contributed by atoms with Crippen LogP contribution < -0.4 is 10.6 Å². The zero-order valence-electron chi connectivity index (χ0n) is 30.0. The highest BCUT2D eigenvalue weighted by Crippen LogP contribution is 2.50. The number of rotatable bonds is 11. The van der Waals surface area contributed by atoms with Crippen LogP contribution in [0.15, 0.2) is 95.9 Å². The van der Waals surface area contributed by atoms with Crippen molar-refractivity contribution in [2.45, 2.75) is 37.5 Å². The lowest BCUT2D eigenvalue weighted by molar-refractivity contribution is 0.0686. The van der Waals surface area contributed by atoms with Crippen LogP contribution in [0.1, 0.15) is 68.6 Å². The van der Waals surface area contributed by atoms with Crippen molar-refractivity contribution in [2.24, 2.45) is 20.0 Å². The van der Waals surface area contributed by atoms with Gasteiger partial charge in [-0.2, -0.15) is 0 Å². The summed E-state index contributed by atoms with van der Waals surface area (Å²) in [5.74, 6) is -0.533. The number of aromatic nitrogens is 4. The second kappa shape index (κ2) is 13.6. The van der Waals surface area contributed by atoms with Crippen molar-refractivity contribution in [3.8, 4) is 11.1 Å². The second-order valence-corrected chi connectivity index (χ2v) is 16.1. The zero-order chi connectivity index (χ0) is 38.1. The van der Waals surface area contributed by atoms with Gasteiger partial charge in [0.05, 0.1) is 11.0 Å². The van der Waals surface area contributed by atoms with Crippen molar-refractivity contribution in [1.29, 1.82) is 0 Å². The summed E-state index contributed by atoms with van der Waals surface area (Å²) < 4.78 is 5.12. The number of anilines is 4. The van der Waals surface area contributed by atoms with Gasteiger partial charge < -0.3 is 30.0 Å². The average molecular weight is 816 g/mol. The normalized spacial score (nSPS) is 16.4. The number of carbonyl (C=O) groups is 2. The Morgan fingerprint density at radius 2 is 1.51 bits per heavy atom. The largest absolute Gasteiger partial charge is 0.478 e. The highest BCUT2D eigenvalue weighted by atomic mass is 79.9. The first-order valence-electron chi connectivity index (χ1n) is 18.1. The fraction of sp³-hybridized carbons (Fsp3) is 0.209. The Morgan fingerprint density at radius 3 is 2.20 bits per heavy atom. The van der Waals surface area contributed by atoms with E-state index in [0.29, 0.717) is 22.7 Å². The molecule has 2 fully saturated rings. The third-order valence-electron chi connectivity index (χ3n) is 11.0. The number of aromatic carboxylic acids is 2. The van der Waals surface area contributed by atoms with E-state index in [9.17, 15) is 19.8 Å². The van der Waals surface area contributed by atoms with E-state index in [1.165, 1.54) is 0 Å². The number of nitrogens with one attached hydrogen (secondary N) is 2. The number of hydrogen-bond donors (Lipinski definition) is 4. The highest BCUT2D eigenvalue weighted by molar-refractivity contribution is 9.10. The smallest absolute Gasteiger partial charge is 0.339 e. The molecule has 0 saturated heterocycles. The average Bonchev–Trinajstić information content (AvgIpc) is 4.08. The number of pyridine rings is 2. The van der Waals surface area contributed by atoms with Crippen LogP contribution in [-0.4, -0.2) is 41.3 Å². The zero-order valence-corrected chi connectivity index (χ0v) is 32.3. The molecule has 4 aromatic heterocycles. The van der Waals surface area contributed by atoms with Gasteiger partial charge in [0.2, 0.25) is 0 Å². The molecule has 0 radical (unpaired) electrons. The lowest BCUT2D eigenvalue weighted by Crippen LogP contribution is -2.07. The Bertz CT molecular complexity index is 2720. The number of benzene rings is 3. The molecule has 1 unspecified atom stereocenters. The van der Waals surface area contributed by atoms with Crippen molar-refractivity contribution < 1.29 is 19.8 Å². The molecular weight excluding hydrogens is 780 g/mol. The van der Waals surface area contributed by atoms with Gasteiger partial charge in [-0.25, -0.2) is 19.6 Å². The van der Waals surface area contributed by atoms with Gasteiger partial charge in [-0.05, 0) is 137 Å². The molecule has 10 nitrogen and oxygen atoms in total. The molecule has 0 spiro atoms. The fourth-order valence-corrected chi connectivity index (χ4v) is 8.85. The van der Waals surface area contributed by atoms with E-state index in [1.807, 2.05) is 74.9 Å². The Kier molecular flexibility index (Phi) is 8.66. The third-order valence-corrected chi connectivity index (χ3v) is 11.8. The van der Waals surface area contributed by atoms with E-state index in [2.05, 4.69) is 51.7 Å². The van der Waals surface area contributed by atoms with E-state index in [0.717, 1.165) is 91.3 Å². The molecule has 3 aromatic carbocycles. The lowest BCUT2D eigenvalue weighted by Gasteiger charge is -2.14. The lowest BCUT2D eigenvalue weighted by atomic mass is 10.0. The Labute approximate surface area is 329 Å². The summed E-state index contributed by atoms with van der Waals surface area (Å²) in [5.41, 5.74) is 8.79. The quantitative estimate of drug-likeness (QED) is 0.101. The van der Waals surface area contributed by atoms with Gasteiger partial charge in [0.1, 0.15) is 22.8 Å². The van der Waals surface area contributed by atoms with Crippen molar-refractivity contribution in [3.63, 3.8) is 0 Å². The molecule has 2 aliphatic rings. The van der Waals surface area contributed by atoms with Crippen LogP contribution in [0.25, 0.3) is 32.9 Å². The maximum atomic E-state index is 12.6. The van der Waals surface area contributed by atoms with Crippen LogP contribution >= 0.6 is 27.5 Å². The first-order valence-corrected chi connectivity index (χ1v) is 19.3. The van der Waals surface area contributed by atoms with Crippen LogP contribution in [-0.2, 0) is 20.5 Å². The molecular formula is C43H36BrClN6O4. The summed E-state index contributed by atoms with van der Waals surface area (Å²) in [6.07, 6.45) is 9.45. The monoisotopic (exact) mass is 814 g/mol. The fourth-order valence-electron chi connectivity index (χ4n) is 7.92. The molecule has 9 rings (SSSR count). The van der Waals surface area contributed by atoms with Crippen molar-refractivity contribution in [2.75, 3.05) is 10.6 Å². The number of carboxylic acids is 2. The molecule has 7 aromatic rings. The third kappa shape index (κ3) is 6.72. The predicted molar refractivity (Wildman–Crippen MR) is 219 cm³/mol. The minimum atomic E-state index is -1.04. The van der Waals surface area contributed by atoms with Gasteiger partial charge in [-0.3, -0.25) is 0 Å². The molecule has 276 valence electrons. The second-order valence-electron chi connectivity index (χ2n) is 14.8. The van der Waals surface area contributed by atoms with E-state index in [1.54, 1.807) is 24.5 Å². The maximum absolute atomic E-state index is 12.6. The molecule has 0 amide bonds. The minimum Gasteiger partial charge on any atom is -0.478 e. The molecule has 4 N–H and O–H groups in total. The number of aryl methyl sites for hydroxylation is 2. The molecule has 12 heteroatoms. The number of carboxylic acid groups (broad SMARTS) is 2. The van der Waals surface area contributed by atoms with Crippen molar-refractivity contribution in [1.82, 2.24) is 19.1 Å². The maximum Gasteiger partial charge on any atom is 0.339 e. The summed E-state index contributed by atoms with van der Waals surface area (Å²) >= 11 is 10.1. The Morgan fingerprint density at radius 1 is 0.836 bits per heavy atom. The van der Waals surface area contributed by atoms with Crippen LogP contribution in [0.2, 0.25) is 5.02 Å². The first kappa shape index (κ1) is 35.1. The molecule has 2 aliphatic carbocycles. The van der Waals surface area contributed by atoms with Crippen LogP contribution in [0.4, 0.5) is 23.0 Å². The van der Waals surface area contributed by atoms with Crippen LogP contribution in [0.3, 0.4) is 0 Å². The van der Waals surface area contributed by atoms with E-state index in [-0.39, 0.29) is 22.9 Å². The molecule has 0 bridgehead atoms. The Hall–Kier alpha value is -5.65.